The Labute approximate surface area is 55.3 Å². The van der Waals surface area contributed by atoms with Crippen molar-refractivity contribution in [2.75, 3.05) is 13.2 Å². The summed E-state index contributed by atoms with van der Waals surface area (Å²) < 4.78 is 19.4. The largest absolute Gasteiger partial charge is 0.698 e. The highest BCUT2D eigenvalue weighted by Gasteiger charge is 2.16. The first-order valence-corrected chi connectivity index (χ1v) is 3.57. The summed E-state index contributed by atoms with van der Waals surface area (Å²) in [4.78, 5) is 0. The fourth-order valence-electron chi connectivity index (χ4n) is 0.233. The molecule has 3 nitrogen and oxygen atoms in total. The molecule has 0 radical (unpaired) electrons. The molecule has 0 amide bonds. The lowest BCUT2D eigenvalue weighted by molar-refractivity contribution is 0.254. The number of hydrogen-bond donors (Lipinski definition) is 0. The molecule has 0 aromatic heterocycles. The lowest BCUT2D eigenvalue weighted by Crippen LogP contribution is -1.83. The monoisotopic (exact) mass is 147 g/mol. The van der Waals surface area contributed by atoms with Crippen molar-refractivity contribution in [3.8, 4) is 12.3 Å². The molecule has 0 heterocycles. The third-order valence-corrected chi connectivity index (χ3v) is 1.30. The zero-order chi connectivity index (χ0) is 7.11. The van der Waals surface area contributed by atoms with Crippen LogP contribution in [0.3, 0.4) is 0 Å². The van der Waals surface area contributed by atoms with Gasteiger partial charge >= 0.3 is 8.25 Å². The summed E-state index contributed by atoms with van der Waals surface area (Å²) in [6.45, 7) is 2.14. The van der Waals surface area contributed by atoms with Gasteiger partial charge in [-0.1, -0.05) is 5.92 Å². The molecule has 1 unspecified atom stereocenters. The smallest absolute Gasteiger partial charge is 0.119 e. The molecular weight excluding hydrogens is 139 g/mol. The topological polar surface area (TPSA) is 35.5 Å². The maximum Gasteiger partial charge on any atom is 0.698 e. The van der Waals surface area contributed by atoms with Crippen molar-refractivity contribution in [1.29, 1.82) is 0 Å². The van der Waals surface area contributed by atoms with Crippen molar-refractivity contribution in [3.63, 3.8) is 0 Å². The summed E-state index contributed by atoms with van der Waals surface area (Å²) in [7, 11) is -1.98. The van der Waals surface area contributed by atoms with Crippen molar-refractivity contribution in [3.05, 3.63) is 0 Å². The second-order valence-electron chi connectivity index (χ2n) is 1.12. The first-order chi connectivity index (χ1) is 4.31. The van der Waals surface area contributed by atoms with Crippen molar-refractivity contribution >= 4 is 8.25 Å². The van der Waals surface area contributed by atoms with Gasteiger partial charge in [-0.2, -0.15) is 0 Å². The standard InChI is InChI=1S/C5H8O3P/c1-3-5-8-9(6)7-4-2/h1H,4-5H2,2H3/q+1. The minimum absolute atomic E-state index is 0.0369. The Hall–Kier alpha value is -0.420. The van der Waals surface area contributed by atoms with Crippen LogP contribution in [0.5, 0.6) is 0 Å². The third kappa shape index (κ3) is 5.45. The molecule has 0 aromatic rings. The highest BCUT2D eigenvalue weighted by Crippen LogP contribution is 2.21. The predicted octanol–water partition coefficient (Wildman–Crippen LogP) is 1.33. The van der Waals surface area contributed by atoms with Crippen LogP contribution in [0.2, 0.25) is 0 Å². The predicted molar refractivity (Wildman–Crippen MR) is 34.0 cm³/mol. The van der Waals surface area contributed by atoms with E-state index in [1.54, 1.807) is 6.92 Å². The normalized spacial score (nSPS) is 10.4. The molecule has 9 heavy (non-hydrogen) atoms. The molecule has 0 aromatic carbocycles. The first-order valence-electron chi connectivity index (χ1n) is 2.47. The van der Waals surface area contributed by atoms with Crippen LogP contribution in [0.4, 0.5) is 0 Å². The molecule has 4 heteroatoms. The molecule has 0 saturated heterocycles. The number of rotatable bonds is 4. The van der Waals surface area contributed by atoms with Crippen LogP contribution in [0.15, 0.2) is 0 Å². The summed E-state index contributed by atoms with van der Waals surface area (Å²) in [5.41, 5.74) is 0. The van der Waals surface area contributed by atoms with E-state index in [0.717, 1.165) is 0 Å². The fraction of sp³-hybridized carbons (Fsp3) is 0.600. The van der Waals surface area contributed by atoms with Gasteiger partial charge in [-0.25, -0.2) is 0 Å². The summed E-state index contributed by atoms with van der Waals surface area (Å²) >= 11 is 0. The molecule has 0 spiro atoms. The van der Waals surface area contributed by atoms with Crippen LogP contribution < -0.4 is 0 Å². The van der Waals surface area contributed by atoms with E-state index in [-0.39, 0.29) is 6.61 Å². The molecule has 0 bridgehead atoms. The van der Waals surface area contributed by atoms with Gasteiger partial charge in [0.05, 0.1) is 0 Å². The summed E-state index contributed by atoms with van der Waals surface area (Å²) in [6.07, 6.45) is 4.81. The van der Waals surface area contributed by atoms with Gasteiger partial charge in [-0.05, 0) is 6.92 Å². The molecule has 50 valence electrons. The maximum atomic E-state index is 10.4. The van der Waals surface area contributed by atoms with Crippen molar-refractivity contribution < 1.29 is 13.6 Å². The van der Waals surface area contributed by atoms with Crippen LogP contribution in [-0.4, -0.2) is 13.2 Å². The summed E-state index contributed by atoms with van der Waals surface area (Å²) in [5.74, 6) is 2.17. The van der Waals surface area contributed by atoms with Crippen LogP contribution >= 0.6 is 8.25 Å². The van der Waals surface area contributed by atoms with Gasteiger partial charge in [0.2, 0.25) is 0 Å². The van der Waals surface area contributed by atoms with Crippen LogP contribution in [-0.2, 0) is 13.6 Å². The summed E-state index contributed by atoms with van der Waals surface area (Å²) in [6, 6.07) is 0. The Bertz CT molecular complexity index is 127. The molecule has 0 rings (SSSR count). The molecule has 0 fully saturated rings. The fourth-order valence-corrected chi connectivity index (χ4v) is 0.698. The Morgan fingerprint density at radius 1 is 1.67 bits per heavy atom. The molecule has 0 saturated carbocycles. The van der Waals surface area contributed by atoms with Gasteiger partial charge < -0.3 is 0 Å². The molecule has 0 aliphatic rings. The molecule has 1 atom stereocenters. The Balaban J connectivity index is 3.19. The Morgan fingerprint density at radius 3 is 2.78 bits per heavy atom. The van der Waals surface area contributed by atoms with Crippen LogP contribution in [0.25, 0.3) is 0 Å². The lowest BCUT2D eigenvalue weighted by Gasteiger charge is -1.79. The highest BCUT2D eigenvalue weighted by atomic mass is 31.1. The number of hydrogen-bond acceptors (Lipinski definition) is 3. The number of terminal acetylenes is 1. The maximum absolute atomic E-state index is 10.4. The second kappa shape index (κ2) is 5.71. The van der Waals surface area contributed by atoms with Crippen LogP contribution in [0, 0.1) is 12.3 Å². The van der Waals surface area contributed by atoms with Gasteiger partial charge in [0.25, 0.3) is 0 Å². The quantitative estimate of drug-likeness (QED) is 0.444. The van der Waals surface area contributed by atoms with Crippen LogP contribution in [0.1, 0.15) is 6.92 Å². The zero-order valence-corrected chi connectivity index (χ0v) is 6.06. The minimum Gasteiger partial charge on any atom is -0.119 e. The van der Waals surface area contributed by atoms with Crippen molar-refractivity contribution in [1.82, 2.24) is 0 Å². The van der Waals surface area contributed by atoms with Crippen molar-refractivity contribution in [2.24, 2.45) is 0 Å². The van der Waals surface area contributed by atoms with Gasteiger partial charge in [-0.3, -0.25) is 0 Å². The van der Waals surface area contributed by atoms with E-state index in [9.17, 15) is 4.57 Å². The lowest BCUT2D eigenvalue weighted by atomic mass is 10.8. The van der Waals surface area contributed by atoms with Gasteiger partial charge in [0.1, 0.15) is 6.61 Å². The average Bonchev–Trinajstić information content (AvgIpc) is 1.85. The second-order valence-corrected chi connectivity index (χ2v) is 2.08. The molecular formula is C5H8O3P+. The van der Waals surface area contributed by atoms with E-state index in [1.807, 2.05) is 0 Å². The zero-order valence-electron chi connectivity index (χ0n) is 5.16. The Kier molecular flexibility index (Phi) is 5.45. The van der Waals surface area contributed by atoms with E-state index in [4.69, 9.17) is 6.42 Å². The van der Waals surface area contributed by atoms with E-state index >= 15 is 0 Å². The average molecular weight is 147 g/mol. The highest BCUT2D eigenvalue weighted by molar-refractivity contribution is 7.33. The molecule has 0 aliphatic heterocycles. The van der Waals surface area contributed by atoms with E-state index in [0.29, 0.717) is 6.61 Å². The molecule has 0 aliphatic carbocycles. The van der Waals surface area contributed by atoms with Crippen molar-refractivity contribution in [2.45, 2.75) is 6.92 Å². The molecule has 0 N–H and O–H groups in total. The third-order valence-electron chi connectivity index (χ3n) is 0.488. The van der Waals surface area contributed by atoms with Gasteiger partial charge in [-0.15, -0.1) is 15.5 Å². The van der Waals surface area contributed by atoms with E-state index in [1.165, 1.54) is 0 Å². The summed E-state index contributed by atoms with van der Waals surface area (Å²) in [5, 5.41) is 0. The van der Waals surface area contributed by atoms with E-state index in [2.05, 4.69) is 15.0 Å². The van der Waals surface area contributed by atoms with E-state index < -0.39 is 8.25 Å². The van der Waals surface area contributed by atoms with Gasteiger partial charge in [0.15, 0.2) is 6.61 Å². The first kappa shape index (κ1) is 8.58. The Morgan fingerprint density at radius 2 is 2.33 bits per heavy atom. The SMILES string of the molecule is C#CCO[P+](=O)OCC. The van der Waals surface area contributed by atoms with Gasteiger partial charge in [0, 0.05) is 4.57 Å². The minimum atomic E-state index is -1.98.